The van der Waals surface area contributed by atoms with Crippen LogP contribution in [0, 0.1) is 0 Å². The second-order valence-electron chi connectivity index (χ2n) is 6.44. The van der Waals surface area contributed by atoms with Crippen LogP contribution in [-0.4, -0.2) is 15.7 Å². The lowest BCUT2D eigenvalue weighted by Crippen LogP contribution is -2.27. The summed E-state index contributed by atoms with van der Waals surface area (Å²) < 4.78 is 40.2. The maximum Gasteiger partial charge on any atom is 0.416 e. The Labute approximate surface area is 144 Å². The number of benzene rings is 1. The van der Waals surface area contributed by atoms with E-state index in [0.29, 0.717) is 11.6 Å². The summed E-state index contributed by atoms with van der Waals surface area (Å²) in [5.74, 6) is -0.387. The number of nitrogens with zero attached hydrogens (tertiary/aromatic N) is 2. The van der Waals surface area contributed by atoms with Crippen LogP contribution in [0.1, 0.15) is 66.3 Å². The topological polar surface area (TPSA) is 46.9 Å². The zero-order valence-corrected chi connectivity index (χ0v) is 13.9. The van der Waals surface area contributed by atoms with Crippen molar-refractivity contribution in [2.75, 3.05) is 0 Å². The fourth-order valence-electron chi connectivity index (χ4n) is 3.17. The maximum absolute atomic E-state index is 12.8. The molecule has 0 radical (unpaired) electrons. The SMILES string of the molecule is CC(NC(=O)c1ccn(C2CCCC2)n1)c1cccc(C(F)(F)F)c1. The molecule has 0 saturated heterocycles. The van der Waals surface area contributed by atoms with E-state index in [4.69, 9.17) is 0 Å². The van der Waals surface area contributed by atoms with Crippen LogP contribution in [0.25, 0.3) is 0 Å². The predicted octanol–water partition coefficient (Wildman–Crippen LogP) is 4.51. The van der Waals surface area contributed by atoms with Crippen molar-refractivity contribution in [3.05, 3.63) is 53.3 Å². The number of carbonyl (C=O) groups excluding carboxylic acids is 1. The minimum Gasteiger partial charge on any atom is -0.344 e. The van der Waals surface area contributed by atoms with Crippen LogP contribution >= 0.6 is 0 Å². The van der Waals surface area contributed by atoms with E-state index in [1.165, 1.54) is 18.9 Å². The number of aromatic nitrogens is 2. The minimum atomic E-state index is -4.40. The molecule has 2 aromatic rings. The molecule has 1 fully saturated rings. The van der Waals surface area contributed by atoms with Crippen molar-refractivity contribution >= 4 is 5.91 Å². The normalized spacial score (nSPS) is 16.8. The first kappa shape index (κ1) is 17.5. The molecule has 1 saturated carbocycles. The number of alkyl halides is 3. The summed E-state index contributed by atoms with van der Waals surface area (Å²) in [6.07, 6.45) is 1.84. The smallest absolute Gasteiger partial charge is 0.344 e. The number of carbonyl (C=O) groups is 1. The highest BCUT2D eigenvalue weighted by molar-refractivity contribution is 5.92. The first-order valence-corrected chi connectivity index (χ1v) is 8.38. The molecule has 1 aromatic heterocycles. The third-order valence-electron chi connectivity index (χ3n) is 4.60. The van der Waals surface area contributed by atoms with Crippen molar-refractivity contribution in [1.82, 2.24) is 15.1 Å². The summed E-state index contributed by atoms with van der Waals surface area (Å²) in [5, 5.41) is 7.03. The molecule has 1 unspecified atom stereocenters. The molecular weight excluding hydrogens is 331 g/mol. The average Bonchev–Trinajstić information content (AvgIpc) is 3.25. The summed E-state index contributed by atoms with van der Waals surface area (Å²) in [5.41, 5.74) is -0.0410. The first-order chi connectivity index (χ1) is 11.8. The third kappa shape index (κ3) is 4.03. The molecule has 1 amide bonds. The Hall–Kier alpha value is -2.31. The van der Waals surface area contributed by atoms with Gasteiger partial charge in [-0.25, -0.2) is 0 Å². The quantitative estimate of drug-likeness (QED) is 0.881. The molecule has 7 heteroatoms. The zero-order valence-electron chi connectivity index (χ0n) is 13.9. The molecular formula is C18H20F3N3O. The largest absolute Gasteiger partial charge is 0.416 e. The minimum absolute atomic E-state index is 0.283. The lowest BCUT2D eigenvalue weighted by atomic mass is 10.0. The van der Waals surface area contributed by atoms with E-state index in [2.05, 4.69) is 10.4 Å². The fraction of sp³-hybridized carbons (Fsp3) is 0.444. The zero-order chi connectivity index (χ0) is 18.0. The van der Waals surface area contributed by atoms with E-state index in [9.17, 15) is 18.0 Å². The summed E-state index contributed by atoms with van der Waals surface area (Å²) in [6.45, 7) is 1.65. The van der Waals surface area contributed by atoms with Gasteiger partial charge in [-0.05, 0) is 43.5 Å². The summed E-state index contributed by atoms with van der Waals surface area (Å²) in [6, 6.07) is 6.41. The van der Waals surface area contributed by atoms with Gasteiger partial charge in [-0.3, -0.25) is 9.48 Å². The Morgan fingerprint density at radius 1 is 1.28 bits per heavy atom. The van der Waals surface area contributed by atoms with Crippen LogP contribution in [0.4, 0.5) is 13.2 Å². The second kappa shape index (κ2) is 6.90. The van der Waals surface area contributed by atoms with Crippen molar-refractivity contribution in [2.45, 2.75) is 50.9 Å². The van der Waals surface area contributed by atoms with Gasteiger partial charge in [0.05, 0.1) is 17.6 Å². The summed E-state index contributed by atoms with van der Waals surface area (Å²) in [7, 11) is 0. The molecule has 0 aliphatic heterocycles. The average molecular weight is 351 g/mol. The van der Waals surface area contributed by atoms with Crippen molar-refractivity contribution in [1.29, 1.82) is 0 Å². The van der Waals surface area contributed by atoms with E-state index in [0.717, 1.165) is 25.0 Å². The van der Waals surface area contributed by atoms with Gasteiger partial charge < -0.3 is 5.32 Å². The predicted molar refractivity (Wildman–Crippen MR) is 87.1 cm³/mol. The molecule has 1 aromatic carbocycles. The van der Waals surface area contributed by atoms with Crippen molar-refractivity contribution in [3.63, 3.8) is 0 Å². The van der Waals surface area contributed by atoms with Gasteiger partial charge in [0, 0.05) is 6.20 Å². The maximum atomic E-state index is 12.8. The Bertz CT molecular complexity index is 748. The van der Waals surface area contributed by atoms with Crippen molar-refractivity contribution in [3.8, 4) is 0 Å². The van der Waals surface area contributed by atoms with Crippen molar-refractivity contribution < 1.29 is 18.0 Å². The number of nitrogens with one attached hydrogen (secondary N) is 1. The highest BCUT2D eigenvalue weighted by Gasteiger charge is 2.30. The van der Waals surface area contributed by atoms with E-state index in [-0.39, 0.29) is 11.6 Å². The summed E-state index contributed by atoms with van der Waals surface area (Å²) in [4.78, 5) is 12.3. The molecule has 4 nitrogen and oxygen atoms in total. The number of halogens is 3. The van der Waals surface area contributed by atoms with E-state index in [1.807, 2.05) is 4.68 Å². The molecule has 1 aliphatic rings. The second-order valence-corrected chi connectivity index (χ2v) is 6.44. The van der Waals surface area contributed by atoms with Gasteiger partial charge in [0.2, 0.25) is 0 Å². The summed E-state index contributed by atoms with van der Waals surface area (Å²) >= 11 is 0. The Morgan fingerprint density at radius 2 is 2.00 bits per heavy atom. The van der Waals surface area contributed by atoms with Crippen LogP contribution in [0.5, 0.6) is 0 Å². The highest BCUT2D eigenvalue weighted by atomic mass is 19.4. The number of hydrogen-bond acceptors (Lipinski definition) is 2. The molecule has 25 heavy (non-hydrogen) atoms. The standard InChI is InChI=1S/C18H20F3N3O/c1-12(13-5-4-6-14(11-13)18(19,20)21)22-17(25)16-9-10-24(23-16)15-7-2-3-8-15/h4-6,9-12,15H,2-3,7-8H2,1H3,(H,22,25). The molecule has 1 aliphatic carbocycles. The van der Waals surface area contributed by atoms with Gasteiger partial charge in [0.15, 0.2) is 0 Å². The Morgan fingerprint density at radius 3 is 2.68 bits per heavy atom. The Balaban J connectivity index is 1.68. The van der Waals surface area contributed by atoms with Crippen LogP contribution in [0.2, 0.25) is 0 Å². The monoisotopic (exact) mass is 351 g/mol. The van der Waals surface area contributed by atoms with Gasteiger partial charge >= 0.3 is 6.18 Å². The fourth-order valence-corrected chi connectivity index (χ4v) is 3.17. The number of hydrogen-bond donors (Lipinski definition) is 1. The van der Waals surface area contributed by atoms with Crippen LogP contribution in [-0.2, 0) is 6.18 Å². The first-order valence-electron chi connectivity index (χ1n) is 8.38. The van der Waals surface area contributed by atoms with Gasteiger partial charge in [0.25, 0.3) is 5.91 Å². The molecule has 0 spiro atoms. The van der Waals surface area contributed by atoms with E-state index in [1.54, 1.807) is 25.3 Å². The number of rotatable bonds is 4. The van der Waals surface area contributed by atoms with Gasteiger partial charge in [-0.1, -0.05) is 25.0 Å². The third-order valence-corrected chi connectivity index (χ3v) is 4.60. The lowest BCUT2D eigenvalue weighted by molar-refractivity contribution is -0.137. The van der Waals surface area contributed by atoms with Gasteiger partial charge in [-0.2, -0.15) is 18.3 Å². The van der Waals surface area contributed by atoms with Crippen LogP contribution < -0.4 is 5.32 Å². The lowest BCUT2D eigenvalue weighted by Gasteiger charge is -2.15. The van der Waals surface area contributed by atoms with Crippen molar-refractivity contribution in [2.24, 2.45) is 0 Å². The van der Waals surface area contributed by atoms with E-state index >= 15 is 0 Å². The molecule has 134 valence electrons. The highest BCUT2D eigenvalue weighted by Crippen LogP contribution is 2.31. The molecule has 1 heterocycles. The molecule has 3 rings (SSSR count). The van der Waals surface area contributed by atoms with E-state index < -0.39 is 17.8 Å². The van der Waals surface area contributed by atoms with Gasteiger partial charge in [0.1, 0.15) is 5.69 Å². The van der Waals surface area contributed by atoms with Crippen LogP contribution in [0.3, 0.4) is 0 Å². The molecule has 1 atom stereocenters. The Kier molecular flexibility index (Phi) is 4.83. The number of amides is 1. The van der Waals surface area contributed by atoms with Gasteiger partial charge in [-0.15, -0.1) is 0 Å². The van der Waals surface area contributed by atoms with Crippen LogP contribution in [0.15, 0.2) is 36.5 Å². The molecule has 1 N–H and O–H groups in total. The molecule has 0 bridgehead atoms.